The number of hydrogen-bond donors (Lipinski definition) is 4. The van der Waals surface area contributed by atoms with E-state index in [1.54, 1.807) is 0 Å². The van der Waals surface area contributed by atoms with E-state index in [9.17, 15) is 34.1 Å². The van der Waals surface area contributed by atoms with E-state index >= 15 is 0 Å². The van der Waals surface area contributed by atoms with Crippen LogP contribution in [-0.4, -0.2) is 64.9 Å². The van der Waals surface area contributed by atoms with Crippen molar-refractivity contribution in [1.29, 1.82) is 0 Å². The van der Waals surface area contributed by atoms with E-state index in [4.69, 9.17) is 13.8 Å². The molecule has 0 aromatic heterocycles. The number of hydrogen-bond acceptors (Lipinski definition) is 8. The number of esters is 1. The SMILES string of the molecule is CCCC/C=C\C/C=C\CCCCCCCC(=O)OCC(O)COP(=O)(O)OCC(NC(=O)CCCCCCCCCCCCCCCCCCCCCCCCC)C(=O)O. The highest BCUT2D eigenvalue weighted by Gasteiger charge is 2.28. The maximum Gasteiger partial charge on any atom is 0.472 e. The van der Waals surface area contributed by atoms with Gasteiger partial charge in [0, 0.05) is 12.8 Å². The predicted molar refractivity (Wildman–Crippen MR) is 249 cm³/mol. The van der Waals surface area contributed by atoms with Gasteiger partial charge in [-0.25, -0.2) is 9.36 Å². The minimum Gasteiger partial charge on any atom is -0.480 e. The van der Waals surface area contributed by atoms with E-state index in [-0.39, 0.29) is 12.8 Å². The fraction of sp³-hybridized carbons (Fsp3) is 0.857. The first kappa shape index (κ1) is 59.0. The lowest BCUT2D eigenvalue weighted by Crippen LogP contribution is -2.43. The summed E-state index contributed by atoms with van der Waals surface area (Å²) in [5, 5.41) is 21.9. The van der Waals surface area contributed by atoms with Crippen molar-refractivity contribution in [2.24, 2.45) is 0 Å². The van der Waals surface area contributed by atoms with Crippen molar-refractivity contribution in [2.75, 3.05) is 19.8 Å². The molecule has 0 spiro atoms. The number of ether oxygens (including phenoxy) is 1. The smallest absolute Gasteiger partial charge is 0.472 e. The van der Waals surface area contributed by atoms with Crippen LogP contribution >= 0.6 is 7.82 Å². The van der Waals surface area contributed by atoms with Gasteiger partial charge in [0.2, 0.25) is 5.91 Å². The van der Waals surface area contributed by atoms with Gasteiger partial charge in [-0.2, -0.15) is 0 Å². The van der Waals surface area contributed by atoms with Gasteiger partial charge >= 0.3 is 19.8 Å². The molecule has 4 N–H and O–H groups in total. The molecule has 0 aliphatic rings. The number of phosphoric ester groups is 1. The molecule has 0 aromatic carbocycles. The number of nitrogens with one attached hydrogen (secondary N) is 1. The number of carboxylic acids is 1. The normalized spacial score (nSPS) is 13.8. The van der Waals surface area contributed by atoms with Crippen molar-refractivity contribution in [2.45, 2.75) is 251 Å². The van der Waals surface area contributed by atoms with Crippen molar-refractivity contribution in [3.05, 3.63) is 24.3 Å². The number of carbonyl (C=O) groups excluding carboxylic acids is 2. The summed E-state index contributed by atoms with van der Waals surface area (Å²) in [6, 6.07) is -1.55. The molecule has 3 unspecified atom stereocenters. The van der Waals surface area contributed by atoms with E-state index < -0.39 is 57.6 Å². The molecule has 61 heavy (non-hydrogen) atoms. The Morgan fingerprint density at radius 2 is 0.918 bits per heavy atom. The summed E-state index contributed by atoms with van der Waals surface area (Å²) in [5.74, 6) is -2.37. The van der Waals surface area contributed by atoms with Gasteiger partial charge in [-0.15, -0.1) is 0 Å². The maximum atomic E-state index is 12.4. The molecule has 0 fully saturated rings. The van der Waals surface area contributed by atoms with Crippen molar-refractivity contribution in [1.82, 2.24) is 5.32 Å². The third-order valence-corrected chi connectivity index (χ3v) is 11.9. The molecule has 0 aliphatic heterocycles. The zero-order valence-electron chi connectivity index (χ0n) is 39.0. The third-order valence-electron chi connectivity index (χ3n) is 11.0. The number of carboxylic acid groups (broad SMARTS) is 1. The standard InChI is InChI=1S/C49H92NO10P/c1-3-5-7-9-11-13-15-17-19-20-21-22-23-24-25-26-27-28-30-32-34-36-38-40-47(52)50-46(49(54)55)44-60-61(56,57)59-43-45(51)42-58-48(53)41-39-37-35-33-31-29-18-16-14-12-10-8-6-4-2/h10,12,16,18,45-46,51H,3-9,11,13-15,17,19-44H2,1-2H3,(H,50,52)(H,54,55)(H,56,57)/b12-10-,18-16-. The lowest BCUT2D eigenvalue weighted by molar-refractivity contribution is -0.147. The van der Waals surface area contributed by atoms with Crippen LogP contribution < -0.4 is 5.32 Å². The molecular formula is C49H92NO10P. The molecule has 0 radical (unpaired) electrons. The van der Waals surface area contributed by atoms with E-state index in [0.29, 0.717) is 12.8 Å². The Kier molecular flexibility index (Phi) is 43.1. The summed E-state index contributed by atoms with van der Waals surface area (Å²) >= 11 is 0. The quantitative estimate of drug-likeness (QED) is 0.0200. The lowest BCUT2D eigenvalue weighted by atomic mass is 10.0. The summed E-state index contributed by atoms with van der Waals surface area (Å²) < 4.78 is 26.9. The predicted octanol–water partition coefficient (Wildman–Crippen LogP) is 13.4. The van der Waals surface area contributed by atoms with Crippen LogP contribution in [-0.2, 0) is 32.7 Å². The molecule has 12 heteroatoms. The highest BCUT2D eigenvalue weighted by Crippen LogP contribution is 2.43. The zero-order valence-corrected chi connectivity index (χ0v) is 39.9. The summed E-state index contributed by atoms with van der Waals surface area (Å²) in [6.07, 6.45) is 47.8. The van der Waals surface area contributed by atoms with E-state index in [1.165, 1.54) is 135 Å². The molecule has 3 atom stereocenters. The Morgan fingerprint density at radius 3 is 1.38 bits per heavy atom. The molecule has 0 saturated carbocycles. The Labute approximate surface area is 372 Å². The fourth-order valence-electron chi connectivity index (χ4n) is 7.10. The average molecular weight is 886 g/mol. The van der Waals surface area contributed by atoms with Crippen LogP contribution in [0.2, 0.25) is 0 Å². The monoisotopic (exact) mass is 886 g/mol. The Morgan fingerprint density at radius 1 is 0.525 bits per heavy atom. The van der Waals surface area contributed by atoms with Crippen LogP contribution in [0.15, 0.2) is 24.3 Å². The third kappa shape index (κ3) is 44.4. The van der Waals surface area contributed by atoms with Crippen LogP contribution in [0.5, 0.6) is 0 Å². The van der Waals surface area contributed by atoms with E-state index in [2.05, 4.69) is 43.5 Å². The Balaban J connectivity index is 3.81. The van der Waals surface area contributed by atoms with E-state index in [0.717, 1.165) is 64.2 Å². The first-order chi connectivity index (χ1) is 29.6. The van der Waals surface area contributed by atoms with Gasteiger partial charge in [0.1, 0.15) is 12.7 Å². The number of amides is 1. The molecule has 11 nitrogen and oxygen atoms in total. The second-order valence-electron chi connectivity index (χ2n) is 17.0. The molecule has 0 heterocycles. The van der Waals surface area contributed by atoms with Crippen LogP contribution in [0.3, 0.4) is 0 Å². The Bertz CT molecular complexity index is 1130. The zero-order chi connectivity index (χ0) is 44.9. The fourth-order valence-corrected chi connectivity index (χ4v) is 7.87. The number of aliphatic hydroxyl groups excluding tert-OH is 1. The summed E-state index contributed by atoms with van der Waals surface area (Å²) in [4.78, 5) is 46.0. The molecule has 0 saturated heterocycles. The number of aliphatic carboxylic acids is 1. The van der Waals surface area contributed by atoms with Crippen LogP contribution in [0.1, 0.15) is 239 Å². The highest BCUT2D eigenvalue weighted by molar-refractivity contribution is 7.47. The highest BCUT2D eigenvalue weighted by atomic mass is 31.2. The maximum absolute atomic E-state index is 12.4. The topological polar surface area (TPSA) is 169 Å². The van der Waals surface area contributed by atoms with Crippen molar-refractivity contribution < 1.29 is 47.8 Å². The second-order valence-corrected chi connectivity index (χ2v) is 18.5. The van der Waals surface area contributed by atoms with Crippen LogP contribution in [0.25, 0.3) is 0 Å². The van der Waals surface area contributed by atoms with Crippen molar-refractivity contribution in [3.63, 3.8) is 0 Å². The minimum atomic E-state index is -4.76. The molecule has 0 rings (SSSR count). The second kappa shape index (κ2) is 44.6. The summed E-state index contributed by atoms with van der Waals surface area (Å²) in [6.45, 7) is 2.57. The van der Waals surface area contributed by atoms with Gasteiger partial charge < -0.3 is 25.2 Å². The summed E-state index contributed by atoms with van der Waals surface area (Å²) in [5.41, 5.74) is 0. The minimum absolute atomic E-state index is 0.150. The number of carbonyl (C=O) groups is 3. The average Bonchev–Trinajstić information content (AvgIpc) is 3.24. The summed E-state index contributed by atoms with van der Waals surface area (Å²) in [7, 11) is -4.76. The van der Waals surface area contributed by atoms with Crippen LogP contribution in [0, 0.1) is 0 Å². The largest absolute Gasteiger partial charge is 0.480 e. The molecular weight excluding hydrogens is 794 g/mol. The van der Waals surface area contributed by atoms with Gasteiger partial charge in [-0.3, -0.25) is 18.6 Å². The van der Waals surface area contributed by atoms with E-state index in [1.807, 2.05) is 0 Å². The van der Waals surface area contributed by atoms with Crippen LogP contribution in [0.4, 0.5) is 0 Å². The van der Waals surface area contributed by atoms with Crippen molar-refractivity contribution in [3.8, 4) is 0 Å². The number of unbranched alkanes of at least 4 members (excludes halogenated alkanes) is 29. The Hall–Kier alpha value is -2.04. The lowest BCUT2D eigenvalue weighted by Gasteiger charge is -2.18. The van der Waals surface area contributed by atoms with Gasteiger partial charge in [0.25, 0.3) is 0 Å². The number of phosphoric acid groups is 1. The first-order valence-corrected chi connectivity index (χ1v) is 26.4. The van der Waals surface area contributed by atoms with Crippen molar-refractivity contribution >= 4 is 25.7 Å². The van der Waals surface area contributed by atoms with Gasteiger partial charge in [0.05, 0.1) is 13.2 Å². The number of rotatable bonds is 47. The molecule has 0 bridgehead atoms. The van der Waals surface area contributed by atoms with Gasteiger partial charge in [0.15, 0.2) is 6.04 Å². The van der Waals surface area contributed by atoms with Gasteiger partial charge in [-0.05, 0) is 38.5 Å². The molecule has 0 aromatic rings. The molecule has 0 aliphatic carbocycles. The first-order valence-electron chi connectivity index (χ1n) is 24.9. The number of allylic oxidation sites excluding steroid dienone is 4. The molecule has 358 valence electrons. The number of aliphatic hydroxyl groups is 1. The van der Waals surface area contributed by atoms with Gasteiger partial charge in [-0.1, -0.05) is 212 Å². The molecule has 1 amide bonds.